The predicted molar refractivity (Wildman–Crippen MR) is 63.8 cm³/mol. The van der Waals surface area contributed by atoms with Crippen molar-refractivity contribution in [3.05, 3.63) is 0 Å². The summed E-state index contributed by atoms with van der Waals surface area (Å²) in [6, 6.07) is 0. The summed E-state index contributed by atoms with van der Waals surface area (Å²) in [4.78, 5) is 12.1. The van der Waals surface area contributed by atoms with Crippen LogP contribution in [0, 0.1) is 11.8 Å². The Morgan fingerprint density at radius 3 is 2.62 bits per heavy atom. The lowest BCUT2D eigenvalue weighted by Gasteiger charge is -2.33. The van der Waals surface area contributed by atoms with Gasteiger partial charge in [0.1, 0.15) is 0 Å². The second kappa shape index (κ2) is 5.64. The number of carbonyl (C=O) groups is 1. The zero-order valence-corrected chi connectivity index (χ0v) is 10.3. The summed E-state index contributed by atoms with van der Waals surface area (Å²) in [5, 5.41) is 12.0. The van der Waals surface area contributed by atoms with Crippen molar-refractivity contribution in [2.45, 2.75) is 45.1 Å². The molecule has 16 heavy (non-hydrogen) atoms. The van der Waals surface area contributed by atoms with Gasteiger partial charge in [0.05, 0.1) is 12.1 Å². The second-order valence-corrected chi connectivity index (χ2v) is 5.42. The molecule has 2 unspecified atom stereocenters. The van der Waals surface area contributed by atoms with E-state index in [-0.39, 0.29) is 18.4 Å². The van der Waals surface area contributed by atoms with E-state index in [1.54, 1.807) is 0 Å². The number of carbonyl (C=O) groups excluding carboxylic acids is 1. The Morgan fingerprint density at radius 1 is 1.44 bits per heavy atom. The standard InChI is InChI=1S/C12H24N2O2/c1-12(2,8-15)14-11(16)10-6-4-3-5-9(10)7-13/h9-10,15H,3-8,13H2,1-2H3,(H,14,16). The van der Waals surface area contributed by atoms with Crippen LogP contribution in [0.5, 0.6) is 0 Å². The van der Waals surface area contributed by atoms with Crippen LogP contribution in [-0.4, -0.2) is 29.7 Å². The van der Waals surface area contributed by atoms with Gasteiger partial charge in [-0.05, 0) is 39.2 Å². The van der Waals surface area contributed by atoms with Crippen LogP contribution in [0.15, 0.2) is 0 Å². The first-order valence-electron chi connectivity index (χ1n) is 6.13. The van der Waals surface area contributed by atoms with E-state index in [2.05, 4.69) is 5.32 Å². The number of amides is 1. The topological polar surface area (TPSA) is 75.3 Å². The van der Waals surface area contributed by atoms with Crippen LogP contribution in [0.4, 0.5) is 0 Å². The third-order valence-electron chi connectivity index (χ3n) is 3.41. The van der Waals surface area contributed by atoms with Gasteiger partial charge in [-0.15, -0.1) is 0 Å². The zero-order valence-electron chi connectivity index (χ0n) is 10.3. The summed E-state index contributed by atoms with van der Waals surface area (Å²) >= 11 is 0. The maximum atomic E-state index is 12.1. The molecule has 1 fully saturated rings. The maximum Gasteiger partial charge on any atom is 0.223 e. The molecule has 0 saturated heterocycles. The molecule has 0 heterocycles. The molecule has 2 atom stereocenters. The van der Waals surface area contributed by atoms with E-state index < -0.39 is 5.54 Å². The van der Waals surface area contributed by atoms with Gasteiger partial charge in [-0.2, -0.15) is 0 Å². The number of aliphatic hydroxyl groups excluding tert-OH is 1. The molecule has 1 saturated carbocycles. The molecule has 4 N–H and O–H groups in total. The molecule has 1 rings (SSSR count). The SMILES string of the molecule is CC(C)(CO)NC(=O)C1CCCCC1CN. The first-order chi connectivity index (χ1) is 7.50. The molecule has 0 spiro atoms. The summed E-state index contributed by atoms with van der Waals surface area (Å²) < 4.78 is 0. The monoisotopic (exact) mass is 228 g/mol. The van der Waals surface area contributed by atoms with E-state index in [1.165, 1.54) is 6.42 Å². The van der Waals surface area contributed by atoms with Crippen molar-refractivity contribution in [2.24, 2.45) is 17.6 Å². The van der Waals surface area contributed by atoms with E-state index in [0.29, 0.717) is 12.5 Å². The highest BCUT2D eigenvalue weighted by Gasteiger charge is 2.32. The fourth-order valence-electron chi connectivity index (χ4n) is 2.30. The van der Waals surface area contributed by atoms with Crippen molar-refractivity contribution in [1.82, 2.24) is 5.32 Å². The van der Waals surface area contributed by atoms with Gasteiger partial charge in [0.15, 0.2) is 0 Å². The fraction of sp³-hybridized carbons (Fsp3) is 0.917. The number of hydrogen-bond acceptors (Lipinski definition) is 3. The highest BCUT2D eigenvalue weighted by atomic mass is 16.3. The van der Waals surface area contributed by atoms with Gasteiger partial charge in [-0.1, -0.05) is 12.8 Å². The van der Waals surface area contributed by atoms with Gasteiger partial charge in [0.2, 0.25) is 5.91 Å². The molecule has 1 amide bonds. The quantitative estimate of drug-likeness (QED) is 0.661. The number of aliphatic hydroxyl groups is 1. The average Bonchev–Trinajstić information content (AvgIpc) is 2.28. The van der Waals surface area contributed by atoms with Crippen LogP contribution in [0.3, 0.4) is 0 Å². The summed E-state index contributed by atoms with van der Waals surface area (Å²) in [5.41, 5.74) is 5.16. The molecule has 0 aromatic heterocycles. The highest BCUT2D eigenvalue weighted by molar-refractivity contribution is 5.79. The van der Waals surface area contributed by atoms with Gasteiger partial charge in [0, 0.05) is 5.92 Å². The summed E-state index contributed by atoms with van der Waals surface area (Å²) in [6.45, 7) is 4.19. The molecule has 0 radical (unpaired) electrons. The van der Waals surface area contributed by atoms with E-state index in [9.17, 15) is 4.79 Å². The zero-order chi connectivity index (χ0) is 12.2. The molecule has 4 heteroatoms. The van der Waals surface area contributed by atoms with Crippen LogP contribution in [0.2, 0.25) is 0 Å². The van der Waals surface area contributed by atoms with Crippen molar-refractivity contribution < 1.29 is 9.90 Å². The number of nitrogens with one attached hydrogen (secondary N) is 1. The molecule has 1 aliphatic rings. The Bertz CT molecular complexity index is 241. The Hall–Kier alpha value is -0.610. The first-order valence-corrected chi connectivity index (χ1v) is 6.13. The minimum Gasteiger partial charge on any atom is -0.394 e. The molecule has 4 nitrogen and oxygen atoms in total. The van der Waals surface area contributed by atoms with Crippen LogP contribution >= 0.6 is 0 Å². The number of nitrogens with two attached hydrogens (primary N) is 1. The first kappa shape index (κ1) is 13.5. The second-order valence-electron chi connectivity index (χ2n) is 5.42. The van der Waals surface area contributed by atoms with Gasteiger partial charge in [-0.3, -0.25) is 4.79 Å². The number of rotatable bonds is 4. The van der Waals surface area contributed by atoms with Crippen LogP contribution in [0.1, 0.15) is 39.5 Å². The summed E-state index contributed by atoms with van der Waals surface area (Å²) in [6.07, 6.45) is 4.26. The lowest BCUT2D eigenvalue weighted by atomic mass is 9.78. The van der Waals surface area contributed by atoms with E-state index in [4.69, 9.17) is 10.8 Å². The van der Waals surface area contributed by atoms with Crippen LogP contribution in [-0.2, 0) is 4.79 Å². The van der Waals surface area contributed by atoms with Gasteiger partial charge in [-0.25, -0.2) is 0 Å². The molecule has 0 aromatic carbocycles. The Kier molecular flexibility index (Phi) is 4.74. The molecular weight excluding hydrogens is 204 g/mol. The Morgan fingerprint density at radius 2 is 2.06 bits per heavy atom. The van der Waals surface area contributed by atoms with Crippen LogP contribution < -0.4 is 11.1 Å². The maximum absolute atomic E-state index is 12.1. The number of hydrogen-bond donors (Lipinski definition) is 3. The van der Waals surface area contributed by atoms with E-state index in [0.717, 1.165) is 19.3 Å². The van der Waals surface area contributed by atoms with E-state index >= 15 is 0 Å². The molecule has 0 bridgehead atoms. The van der Waals surface area contributed by atoms with Crippen LogP contribution in [0.25, 0.3) is 0 Å². The van der Waals surface area contributed by atoms with Gasteiger partial charge in [0.25, 0.3) is 0 Å². The Balaban J connectivity index is 2.57. The molecule has 94 valence electrons. The minimum absolute atomic E-state index is 0.0320. The highest BCUT2D eigenvalue weighted by Crippen LogP contribution is 2.29. The van der Waals surface area contributed by atoms with Crippen molar-refractivity contribution in [2.75, 3.05) is 13.2 Å². The van der Waals surface area contributed by atoms with Crippen molar-refractivity contribution in [1.29, 1.82) is 0 Å². The summed E-state index contributed by atoms with van der Waals surface area (Å²) in [5.74, 6) is 0.391. The molecule has 1 aliphatic carbocycles. The normalized spacial score (nSPS) is 26.5. The molecule has 0 aliphatic heterocycles. The molecule has 0 aromatic rings. The largest absolute Gasteiger partial charge is 0.394 e. The smallest absolute Gasteiger partial charge is 0.223 e. The predicted octanol–water partition coefficient (Wildman–Crippen LogP) is 0.639. The summed E-state index contributed by atoms with van der Waals surface area (Å²) in [7, 11) is 0. The lowest BCUT2D eigenvalue weighted by Crippen LogP contribution is -2.50. The fourth-order valence-corrected chi connectivity index (χ4v) is 2.30. The Labute approximate surface area is 97.6 Å². The third-order valence-corrected chi connectivity index (χ3v) is 3.41. The van der Waals surface area contributed by atoms with E-state index in [1.807, 2.05) is 13.8 Å². The van der Waals surface area contributed by atoms with Crippen molar-refractivity contribution in [3.63, 3.8) is 0 Å². The third kappa shape index (κ3) is 3.46. The lowest BCUT2D eigenvalue weighted by molar-refractivity contribution is -0.129. The molecular formula is C12H24N2O2. The van der Waals surface area contributed by atoms with Gasteiger partial charge >= 0.3 is 0 Å². The average molecular weight is 228 g/mol. The van der Waals surface area contributed by atoms with Crippen molar-refractivity contribution in [3.8, 4) is 0 Å². The van der Waals surface area contributed by atoms with Gasteiger partial charge < -0.3 is 16.2 Å². The van der Waals surface area contributed by atoms with Crippen molar-refractivity contribution >= 4 is 5.91 Å². The minimum atomic E-state index is -0.534.